The van der Waals surface area contributed by atoms with E-state index in [1.807, 2.05) is 0 Å². The fourth-order valence-electron chi connectivity index (χ4n) is 2.98. The Morgan fingerprint density at radius 1 is 1.07 bits per heavy atom. The van der Waals surface area contributed by atoms with Crippen molar-refractivity contribution in [3.8, 4) is 5.75 Å². The number of nitrogens with zero attached hydrogens (tertiary/aromatic N) is 1. The van der Waals surface area contributed by atoms with E-state index in [1.165, 1.54) is 17.5 Å². The van der Waals surface area contributed by atoms with Crippen LogP contribution >= 0.6 is 0 Å². The highest BCUT2D eigenvalue weighted by atomic mass is 32.2. The lowest BCUT2D eigenvalue weighted by atomic mass is 10.2. The summed E-state index contributed by atoms with van der Waals surface area (Å²) in [6.07, 6.45) is 1.37. The standard InChI is InChI=1S/C18H22N2O5S2/c1-14-5-8-16(20-11-3-4-12-26(20,21)22)13-18(14)27(23,24)19-15-6-9-17(25-2)10-7-15/h5-10,13,19H,3-4,11-12H2,1-2H3. The number of sulfonamides is 2. The molecule has 1 aliphatic heterocycles. The Bertz CT molecular complexity index is 1030. The van der Waals surface area contributed by atoms with Gasteiger partial charge in [0, 0.05) is 12.2 Å². The van der Waals surface area contributed by atoms with Gasteiger partial charge in [-0.2, -0.15) is 0 Å². The third-order valence-electron chi connectivity index (χ3n) is 4.44. The first-order valence-corrected chi connectivity index (χ1v) is 11.6. The Labute approximate surface area is 160 Å². The number of benzene rings is 2. The van der Waals surface area contributed by atoms with Gasteiger partial charge in [0.25, 0.3) is 10.0 Å². The minimum Gasteiger partial charge on any atom is -0.497 e. The fourth-order valence-corrected chi connectivity index (χ4v) is 5.94. The van der Waals surface area contributed by atoms with Crippen molar-refractivity contribution < 1.29 is 21.6 Å². The van der Waals surface area contributed by atoms with Crippen LogP contribution in [0.1, 0.15) is 18.4 Å². The summed E-state index contributed by atoms with van der Waals surface area (Å²) in [6.45, 7) is 2.04. The molecule has 1 aliphatic rings. The predicted octanol–water partition coefficient (Wildman–Crippen LogP) is 2.73. The van der Waals surface area contributed by atoms with Gasteiger partial charge in [-0.3, -0.25) is 9.03 Å². The van der Waals surface area contributed by atoms with Gasteiger partial charge in [0.15, 0.2) is 0 Å². The maximum atomic E-state index is 12.9. The summed E-state index contributed by atoms with van der Waals surface area (Å²) in [7, 11) is -5.76. The lowest BCUT2D eigenvalue weighted by Crippen LogP contribution is -2.38. The van der Waals surface area contributed by atoms with Crippen molar-refractivity contribution in [1.82, 2.24) is 0 Å². The molecule has 0 aromatic heterocycles. The van der Waals surface area contributed by atoms with E-state index >= 15 is 0 Å². The highest BCUT2D eigenvalue weighted by Crippen LogP contribution is 2.29. The minimum atomic E-state index is -3.87. The first-order chi connectivity index (χ1) is 12.7. The van der Waals surface area contributed by atoms with Gasteiger partial charge in [0.05, 0.1) is 23.4 Å². The summed E-state index contributed by atoms with van der Waals surface area (Å²) in [6, 6.07) is 11.2. The van der Waals surface area contributed by atoms with Crippen molar-refractivity contribution in [2.45, 2.75) is 24.7 Å². The molecule has 0 bridgehead atoms. The van der Waals surface area contributed by atoms with Gasteiger partial charge in [-0.25, -0.2) is 16.8 Å². The van der Waals surface area contributed by atoms with Crippen LogP contribution in [0, 0.1) is 6.92 Å². The van der Waals surface area contributed by atoms with Gasteiger partial charge >= 0.3 is 0 Å². The summed E-state index contributed by atoms with van der Waals surface area (Å²) in [5.41, 5.74) is 1.30. The quantitative estimate of drug-likeness (QED) is 0.818. The molecular formula is C18H22N2O5S2. The number of hydrogen-bond acceptors (Lipinski definition) is 5. The normalized spacial score (nSPS) is 16.7. The van der Waals surface area contributed by atoms with Crippen molar-refractivity contribution in [2.24, 2.45) is 0 Å². The maximum absolute atomic E-state index is 12.9. The second-order valence-corrected chi connectivity index (χ2v) is 10.0. The Kier molecular flexibility index (Phi) is 5.34. The number of ether oxygens (including phenoxy) is 1. The molecule has 0 unspecified atom stereocenters. The minimum absolute atomic E-state index is 0.0524. The van der Waals surface area contributed by atoms with Crippen LogP contribution in [0.3, 0.4) is 0 Å². The molecule has 1 fully saturated rings. The fraction of sp³-hybridized carbons (Fsp3) is 0.333. The molecule has 1 heterocycles. The highest BCUT2D eigenvalue weighted by molar-refractivity contribution is 7.93. The molecule has 27 heavy (non-hydrogen) atoms. The van der Waals surface area contributed by atoms with E-state index in [0.717, 1.165) is 6.42 Å². The van der Waals surface area contributed by atoms with E-state index < -0.39 is 20.0 Å². The Balaban J connectivity index is 1.95. The van der Waals surface area contributed by atoms with Crippen LogP contribution in [0.2, 0.25) is 0 Å². The maximum Gasteiger partial charge on any atom is 0.262 e. The van der Waals surface area contributed by atoms with E-state index in [-0.39, 0.29) is 10.6 Å². The molecule has 7 nitrogen and oxygen atoms in total. The number of methoxy groups -OCH3 is 1. The molecule has 0 saturated carbocycles. The average Bonchev–Trinajstić information content (AvgIpc) is 2.62. The molecule has 0 spiro atoms. The van der Waals surface area contributed by atoms with Gasteiger partial charge in [0.2, 0.25) is 10.0 Å². The summed E-state index contributed by atoms with van der Waals surface area (Å²) >= 11 is 0. The zero-order valence-corrected chi connectivity index (χ0v) is 16.8. The zero-order valence-electron chi connectivity index (χ0n) is 15.2. The Morgan fingerprint density at radius 2 is 1.78 bits per heavy atom. The predicted molar refractivity (Wildman–Crippen MR) is 105 cm³/mol. The molecule has 0 aliphatic carbocycles. The van der Waals surface area contributed by atoms with E-state index in [4.69, 9.17) is 4.74 Å². The van der Waals surface area contributed by atoms with Crippen molar-refractivity contribution in [1.29, 1.82) is 0 Å². The van der Waals surface area contributed by atoms with Gasteiger partial charge in [-0.15, -0.1) is 0 Å². The van der Waals surface area contributed by atoms with E-state index in [1.54, 1.807) is 43.3 Å². The molecule has 2 aromatic rings. The molecule has 0 radical (unpaired) electrons. The van der Waals surface area contributed by atoms with Crippen molar-refractivity contribution >= 4 is 31.4 Å². The summed E-state index contributed by atoms with van der Waals surface area (Å²) in [4.78, 5) is 0.0524. The van der Waals surface area contributed by atoms with Gasteiger partial charge in [0.1, 0.15) is 5.75 Å². The second kappa shape index (κ2) is 7.40. The van der Waals surface area contributed by atoms with Crippen LogP contribution in [-0.4, -0.2) is 36.2 Å². The first-order valence-electron chi connectivity index (χ1n) is 8.51. The average molecular weight is 411 g/mol. The molecule has 9 heteroatoms. The van der Waals surface area contributed by atoms with Crippen LogP contribution in [-0.2, 0) is 20.0 Å². The molecule has 0 atom stereocenters. The van der Waals surface area contributed by atoms with Crippen LogP contribution in [0.4, 0.5) is 11.4 Å². The molecule has 2 aromatic carbocycles. The number of anilines is 2. The lowest BCUT2D eigenvalue weighted by molar-refractivity contribution is 0.415. The molecular weight excluding hydrogens is 388 g/mol. The SMILES string of the molecule is COc1ccc(NS(=O)(=O)c2cc(N3CCCCS3(=O)=O)ccc2C)cc1. The van der Waals surface area contributed by atoms with Gasteiger partial charge in [-0.1, -0.05) is 6.07 Å². The van der Waals surface area contributed by atoms with Crippen molar-refractivity contribution in [2.75, 3.05) is 28.4 Å². The first kappa shape index (κ1) is 19.5. The second-order valence-electron chi connectivity index (χ2n) is 6.38. The summed E-state index contributed by atoms with van der Waals surface area (Å²) in [5, 5.41) is 0. The number of nitrogens with one attached hydrogen (secondary N) is 1. The monoisotopic (exact) mass is 410 g/mol. The Hall–Kier alpha value is -2.26. The van der Waals surface area contributed by atoms with Crippen LogP contribution < -0.4 is 13.8 Å². The highest BCUT2D eigenvalue weighted by Gasteiger charge is 2.27. The van der Waals surface area contributed by atoms with Crippen molar-refractivity contribution in [3.05, 3.63) is 48.0 Å². The van der Waals surface area contributed by atoms with Gasteiger partial charge in [-0.05, 0) is 61.7 Å². The van der Waals surface area contributed by atoms with Crippen LogP contribution in [0.5, 0.6) is 5.75 Å². The van der Waals surface area contributed by atoms with E-state index in [2.05, 4.69) is 4.72 Å². The number of rotatable bonds is 5. The Morgan fingerprint density at radius 3 is 2.41 bits per heavy atom. The third kappa shape index (κ3) is 4.19. The number of aryl methyl sites for hydroxylation is 1. The largest absolute Gasteiger partial charge is 0.497 e. The molecule has 1 N–H and O–H groups in total. The molecule has 0 amide bonds. The smallest absolute Gasteiger partial charge is 0.262 e. The van der Waals surface area contributed by atoms with Crippen molar-refractivity contribution in [3.63, 3.8) is 0 Å². The zero-order chi connectivity index (χ0) is 19.7. The van der Waals surface area contributed by atoms with E-state index in [9.17, 15) is 16.8 Å². The molecule has 146 valence electrons. The third-order valence-corrected chi connectivity index (χ3v) is 7.83. The molecule has 3 rings (SSSR count). The van der Waals surface area contributed by atoms with Crippen LogP contribution in [0.15, 0.2) is 47.4 Å². The summed E-state index contributed by atoms with van der Waals surface area (Å²) < 4.78 is 59.3. The van der Waals surface area contributed by atoms with Crippen LogP contribution in [0.25, 0.3) is 0 Å². The molecule has 1 saturated heterocycles. The van der Waals surface area contributed by atoms with E-state index in [0.29, 0.717) is 35.7 Å². The topological polar surface area (TPSA) is 92.8 Å². The summed E-state index contributed by atoms with van der Waals surface area (Å²) in [5.74, 6) is 0.694. The lowest BCUT2D eigenvalue weighted by Gasteiger charge is -2.28. The van der Waals surface area contributed by atoms with Gasteiger partial charge < -0.3 is 4.74 Å². The number of hydrogen-bond donors (Lipinski definition) is 1.